The van der Waals surface area contributed by atoms with Gasteiger partial charge in [0.15, 0.2) is 5.65 Å². The SMILES string of the molecule is O=C1NC(=O)/C(=C/c2cnn3c(NC4CC4)cc(Nc4ccc(Br)cc4)nc23)N1. The number of aromatic nitrogens is 3. The van der Waals surface area contributed by atoms with Crippen molar-refractivity contribution < 1.29 is 9.59 Å². The van der Waals surface area contributed by atoms with Gasteiger partial charge in [0.1, 0.15) is 17.3 Å². The van der Waals surface area contributed by atoms with E-state index in [2.05, 4.69) is 47.3 Å². The summed E-state index contributed by atoms with van der Waals surface area (Å²) in [5.41, 5.74) is 2.24. The minimum Gasteiger partial charge on any atom is -0.367 e. The minimum absolute atomic E-state index is 0.162. The summed E-state index contributed by atoms with van der Waals surface area (Å²) in [6, 6.07) is 9.57. The number of halogens is 1. The molecule has 29 heavy (non-hydrogen) atoms. The number of hydrogen-bond donors (Lipinski definition) is 4. The second kappa shape index (κ2) is 6.89. The summed E-state index contributed by atoms with van der Waals surface area (Å²) in [5.74, 6) is 0.972. The molecule has 10 heteroatoms. The van der Waals surface area contributed by atoms with Crippen LogP contribution >= 0.6 is 15.9 Å². The predicted molar refractivity (Wildman–Crippen MR) is 112 cm³/mol. The first-order chi connectivity index (χ1) is 14.0. The molecule has 2 aromatic heterocycles. The summed E-state index contributed by atoms with van der Waals surface area (Å²) in [7, 11) is 0. The molecule has 5 rings (SSSR count). The highest BCUT2D eigenvalue weighted by Gasteiger charge is 2.25. The van der Waals surface area contributed by atoms with E-state index in [1.165, 1.54) is 0 Å². The van der Waals surface area contributed by atoms with E-state index in [1.807, 2.05) is 30.3 Å². The molecule has 2 fully saturated rings. The fourth-order valence-corrected chi connectivity index (χ4v) is 3.27. The van der Waals surface area contributed by atoms with Gasteiger partial charge in [-0.25, -0.2) is 9.78 Å². The van der Waals surface area contributed by atoms with E-state index in [4.69, 9.17) is 0 Å². The Balaban J connectivity index is 1.56. The number of carbonyl (C=O) groups is 2. The maximum absolute atomic E-state index is 11.9. The fraction of sp³-hybridized carbons (Fsp3) is 0.158. The van der Waals surface area contributed by atoms with E-state index in [0.717, 1.165) is 28.8 Å². The number of nitrogens with zero attached hydrogens (tertiary/aromatic N) is 3. The average molecular weight is 454 g/mol. The van der Waals surface area contributed by atoms with Crippen LogP contribution in [-0.2, 0) is 4.79 Å². The molecule has 0 spiro atoms. The first-order valence-electron chi connectivity index (χ1n) is 9.07. The zero-order chi connectivity index (χ0) is 20.0. The van der Waals surface area contributed by atoms with Crippen LogP contribution in [-0.4, -0.2) is 32.6 Å². The number of hydrogen-bond acceptors (Lipinski definition) is 6. The van der Waals surface area contributed by atoms with Crippen LogP contribution in [0.15, 0.2) is 46.7 Å². The van der Waals surface area contributed by atoms with E-state index in [0.29, 0.717) is 23.1 Å². The Labute approximate surface area is 173 Å². The van der Waals surface area contributed by atoms with Gasteiger partial charge in [0, 0.05) is 27.8 Å². The average Bonchev–Trinajstić information content (AvgIpc) is 3.33. The van der Waals surface area contributed by atoms with Crippen LogP contribution in [0, 0.1) is 0 Å². The maximum atomic E-state index is 11.9. The van der Waals surface area contributed by atoms with E-state index < -0.39 is 11.9 Å². The van der Waals surface area contributed by atoms with Crippen LogP contribution < -0.4 is 21.3 Å². The third kappa shape index (κ3) is 3.66. The monoisotopic (exact) mass is 453 g/mol. The summed E-state index contributed by atoms with van der Waals surface area (Å²) in [4.78, 5) is 27.9. The van der Waals surface area contributed by atoms with Crippen LogP contribution in [0.5, 0.6) is 0 Å². The number of carbonyl (C=O) groups excluding carboxylic acids is 2. The summed E-state index contributed by atoms with van der Waals surface area (Å²) in [6.07, 6.45) is 5.42. The van der Waals surface area contributed by atoms with Gasteiger partial charge in [0.2, 0.25) is 0 Å². The molecule has 0 atom stereocenters. The largest absolute Gasteiger partial charge is 0.367 e. The molecule has 2 aliphatic rings. The van der Waals surface area contributed by atoms with E-state index in [1.54, 1.807) is 16.8 Å². The lowest BCUT2D eigenvalue weighted by Crippen LogP contribution is -2.22. The molecule has 4 N–H and O–H groups in total. The van der Waals surface area contributed by atoms with Crippen LogP contribution in [0.2, 0.25) is 0 Å². The zero-order valence-electron chi connectivity index (χ0n) is 15.1. The molecular weight excluding hydrogens is 438 g/mol. The van der Waals surface area contributed by atoms with E-state index >= 15 is 0 Å². The molecule has 0 unspecified atom stereocenters. The minimum atomic E-state index is -0.542. The molecule has 146 valence electrons. The Bertz CT molecular complexity index is 1170. The molecule has 1 saturated heterocycles. The molecule has 1 aliphatic carbocycles. The summed E-state index contributed by atoms with van der Waals surface area (Å²) < 4.78 is 2.69. The van der Waals surface area contributed by atoms with Gasteiger partial charge in [-0.2, -0.15) is 9.61 Å². The van der Waals surface area contributed by atoms with Gasteiger partial charge in [-0.05, 0) is 43.2 Å². The topological polar surface area (TPSA) is 112 Å². The number of urea groups is 1. The number of anilines is 3. The Morgan fingerprint density at radius 2 is 1.97 bits per heavy atom. The molecule has 1 aliphatic heterocycles. The maximum Gasteiger partial charge on any atom is 0.326 e. The quantitative estimate of drug-likeness (QED) is 0.349. The third-order valence-electron chi connectivity index (χ3n) is 4.56. The van der Waals surface area contributed by atoms with Crippen molar-refractivity contribution in [3.05, 3.63) is 52.3 Å². The van der Waals surface area contributed by atoms with Crippen LogP contribution in [0.25, 0.3) is 11.7 Å². The first kappa shape index (κ1) is 17.7. The number of nitrogens with one attached hydrogen (secondary N) is 4. The lowest BCUT2D eigenvalue weighted by Gasteiger charge is -2.11. The Morgan fingerprint density at radius 1 is 1.17 bits per heavy atom. The van der Waals surface area contributed by atoms with E-state index in [9.17, 15) is 9.59 Å². The number of fused-ring (bicyclic) bond motifs is 1. The van der Waals surface area contributed by atoms with Crippen molar-refractivity contribution in [3.63, 3.8) is 0 Å². The molecule has 3 aromatic rings. The highest BCUT2D eigenvalue weighted by molar-refractivity contribution is 9.10. The lowest BCUT2D eigenvalue weighted by atomic mass is 10.2. The summed E-state index contributed by atoms with van der Waals surface area (Å²) >= 11 is 3.43. The predicted octanol–water partition coefficient (Wildman–Crippen LogP) is 2.99. The van der Waals surface area contributed by atoms with Crippen molar-refractivity contribution in [2.75, 3.05) is 10.6 Å². The molecule has 0 radical (unpaired) electrons. The number of benzene rings is 1. The molecule has 3 amide bonds. The smallest absolute Gasteiger partial charge is 0.326 e. The lowest BCUT2D eigenvalue weighted by molar-refractivity contribution is -0.115. The second-order valence-electron chi connectivity index (χ2n) is 6.88. The summed E-state index contributed by atoms with van der Waals surface area (Å²) in [5, 5.41) is 15.8. The van der Waals surface area contributed by atoms with Gasteiger partial charge in [0.05, 0.1) is 6.20 Å². The van der Waals surface area contributed by atoms with Gasteiger partial charge >= 0.3 is 6.03 Å². The Morgan fingerprint density at radius 3 is 2.66 bits per heavy atom. The molecule has 1 aromatic carbocycles. The molecule has 1 saturated carbocycles. The first-order valence-corrected chi connectivity index (χ1v) is 9.86. The van der Waals surface area contributed by atoms with Gasteiger partial charge < -0.3 is 16.0 Å². The van der Waals surface area contributed by atoms with Gasteiger partial charge in [-0.15, -0.1) is 0 Å². The van der Waals surface area contributed by atoms with Crippen molar-refractivity contribution in [1.82, 2.24) is 25.2 Å². The fourth-order valence-electron chi connectivity index (χ4n) is 3.00. The standard InChI is InChI=1S/C19H16BrN7O2/c20-11-1-3-12(4-2-11)22-15-8-16(23-13-5-6-13)27-17(25-15)10(9-21-27)7-14-18(28)26-19(29)24-14/h1-4,7-9,13,23H,5-6H2,(H,22,25)(H2,24,26,28,29)/b14-7-. The number of amides is 3. The molecule has 3 heterocycles. The second-order valence-corrected chi connectivity index (χ2v) is 7.79. The van der Waals surface area contributed by atoms with Crippen molar-refractivity contribution in [3.8, 4) is 0 Å². The third-order valence-corrected chi connectivity index (χ3v) is 5.09. The van der Waals surface area contributed by atoms with E-state index in [-0.39, 0.29) is 5.70 Å². The van der Waals surface area contributed by atoms with Crippen LogP contribution in [0.1, 0.15) is 18.4 Å². The highest BCUT2D eigenvalue weighted by Crippen LogP contribution is 2.28. The van der Waals surface area contributed by atoms with Crippen molar-refractivity contribution in [2.45, 2.75) is 18.9 Å². The van der Waals surface area contributed by atoms with Gasteiger partial charge in [-0.1, -0.05) is 15.9 Å². The van der Waals surface area contributed by atoms with Gasteiger partial charge in [-0.3, -0.25) is 10.1 Å². The van der Waals surface area contributed by atoms with Crippen molar-refractivity contribution in [2.24, 2.45) is 0 Å². The Hall–Kier alpha value is -3.40. The molecule has 0 bridgehead atoms. The molecular formula is C19H16BrN7O2. The zero-order valence-corrected chi connectivity index (χ0v) is 16.7. The van der Waals surface area contributed by atoms with Crippen molar-refractivity contribution in [1.29, 1.82) is 0 Å². The van der Waals surface area contributed by atoms with Crippen LogP contribution in [0.4, 0.5) is 22.1 Å². The van der Waals surface area contributed by atoms with Crippen molar-refractivity contribution >= 4 is 56.9 Å². The highest BCUT2D eigenvalue weighted by atomic mass is 79.9. The number of rotatable bonds is 5. The molecule has 9 nitrogen and oxygen atoms in total. The van der Waals surface area contributed by atoms with Gasteiger partial charge in [0.25, 0.3) is 5.91 Å². The summed E-state index contributed by atoms with van der Waals surface area (Å²) in [6.45, 7) is 0. The number of imide groups is 1. The Kier molecular flexibility index (Phi) is 4.20. The van der Waals surface area contributed by atoms with Crippen LogP contribution in [0.3, 0.4) is 0 Å². The normalized spacial score (nSPS) is 17.5.